The van der Waals surface area contributed by atoms with Crippen molar-refractivity contribution >= 4 is 11.9 Å². The van der Waals surface area contributed by atoms with Crippen LogP contribution in [0.15, 0.2) is 34.9 Å². The summed E-state index contributed by atoms with van der Waals surface area (Å²) in [6, 6.07) is 0. The summed E-state index contributed by atoms with van der Waals surface area (Å²) in [7, 11) is 0. The molecule has 11 N–H and O–H groups in total. The Morgan fingerprint density at radius 3 is 1.05 bits per heavy atom. The normalized spacial score (nSPS) is 20.4. The minimum absolute atomic E-state index is 0.223. The maximum atomic E-state index is 12.0. The number of hydrogen-bond acceptors (Lipinski definition) is 13. The Morgan fingerprint density at radius 2 is 0.707 bits per heavy atom. The topological polar surface area (TPSA) is 266 Å². The lowest BCUT2D eigenvalue weighted by Crippen LogP contribution is -2.43. The van der Waals surface area contributed by atoms with Gasteiger partial charge in [0.2, 0.25) is 0 Å². The summed E-state index contributed by atoms with van der Waals surface area (Å²) in [6.45, 7) is 23.2. The second-order valence-electron chi connectivity index (χ2n) is 26.3. The smallest absolute Gasteiger partial charge is 0.308 e. The van der Waals surface area contributed by atoms with Crippen LogP contribution in [0.2, 0.25) is 0 Å². The molecule has 0 amide bonds. The minimum Gasteiger partial charge on any atom is -0.481 e. The van der Waals surface area contributed by atoms with Crippen LogP contribution in [-0.4, -0.2) is 131 Å². The summed E-state index contributed by atoms with van der Waals surface area (Å²) in [5.41, 5.74) is -5.82. The average molecular weight is 1070 g/mol. The molecule has 0 bridgehead atoms. The monoisotopic (exact) mass is 1070 g/mol. The van der Waals surface area contributed by atoms with E-state index in [1.54, 1.807) is 0 Å². The van der Waals surface area contributed by atoms with Gasteiger partial charge in [-0.25, -0.2) is 0 Å². The van der Waals surface area contributed by atoms with E-state index in [0.717, 1.165) is 44.1 Å². The zero-order chi connectivity index (χ0) is 58.0. The Hall–Kier alpha value is -2.24. The van der Waals surface area contributed by atoms with Crippen LogP contribution in [0, 0.1) is 0 Å². The van der Waals surface area contributed by atoms with Gasteiger partial charge < -0.3 is 60.9 Å². The van der Waals surface area contributed by atoms with E-state index in [1.807, 2.05) is 61.5 Å². The number of carboxylic acids is 1. The third kappa shape index (κ3) is 39.7. The van der Waals surface area contributed by atoms with E-state index >= 15 is 0 Å². The molecule has 0 aromatic heterocycles. The molecule has 0 radical (unpaired) electrons. The first-order valence-corrected chi connectivity index (χ1v) is 28.6. The fraction of sp³-hybridized carbons (Fsp3) is 0.869. The van der Waals surface area contributed by atoms with Crippen molar-refractivity contribution in [2.75, 3.05) is 6.61 Å². The van der Waals surface area contributed by atoms with Gasteiger partial charge in [-0.3, -0.25) is 9.59 Å². The van der Waals surface area contributed by atoms with Crippen LogP contribution in [0.5, 0.6) is 0 Å². The molecule has 75 heavy (non-hydrogen) atoms. The summed E-state index contributed by atoms with van der Waals surface area (Å²) in [4.78, 5) is 22.9. The molecular formula is C61H114O14. The Labute approximate surface area is 455 Å². The van der Waals surface area contributed by atoms with Crippen molar-refractivity contribution in [3.63, 3.8) is 0 Å². The maximum absolute atomic E-state index is 12.0. The van der Waals surface area contributed by atoms with E-state index < -0.39 is 87.9 Å². The Morgan fingerprint density at radius 1 is 0.400 bits per heavy atom. The van der Waals surface area contributed by atoms with Gasteiger partial charge in [-0.1, -0.05) is 34.9 Å². The Kier molecular flexibility index (Phi) is 32.4. The number of esters is 1. The van der Waals surface area contributed by atoms with Crippen molar-refractivity contribution in [3.05, 3.63) is 34.9 Å². The fourth-order valence-electron chi connectivity index (χ4n) is 10.0. The van der Waals surface area contributed by atoms with Crippen LogP contribution in [0.3, 0.4) is 0 Å². The molecule has 0 aromatic rings. The van der Waals surface area contributed by atoms with E-state index in [-0.39, 0.29) is 6.42 Å². The van der Waals surface area contributed by atoms with Gasteiger partial charge in [0.05, 0.1) is 63.3 Å². The predicted molar refractivity (Wildman–Crippen MR) is 301 cm³/mol. The third-order valence-electron chi connectivity index (χ3n) is 15.5. The number of aliphatic carboxylic acids is 1. The summed E-state index contributed by atoms with van der Waals surface area (Å²) >= 11 is 0. The lowest BCUT2D eigenvalue weighted by atomic mass is 9.83. The third-order valence-corrected chi connectivity index (χ3v) is 15.5. The molecule has 0 heterocycles. The molecule has 0 rings (SSSR count). The van der Waals surface area contributed by atoms with E-state index in [1.165, 1.54) is 25.0 Å². The Balaban J connectivity index is 4.49. The molecule has 14 heteroatoms. The van der Waals surface area contributed by atoms with Gasteiger partial charge in [-0.15, -0.1) is 0 Å². The number of carbonyl (C=O) groups is 2. The number of carbonyl (C=O) groups excluding carboxylic acids is 1. The lowest BCUT2D eigenvalue weighted by Gasteiger charge is -2.31. The van der Waals surface area contributed by atoms with Gasteiger partial charge >= 0.3 is 11.9 Å². The van der Waals surface area contributed by atoms with Crippen molar-refractivity contribution in [1.82, 2.24) is 0 Å². The first-order valence-electron chi connectivity index (χ1n) is 28.6. The second-order valence-corrected chi connectivity index (χ2v) is 26.3. The van der Waals surface area contributed by atoms with E-state index in [9.17, 15) is 60.7 Å². The highest BCUT2D eigenvalue weighted by molar-refractivity contribution is 5.73. The molecule has 10 unspecified atom stereocenters. The Bertz CT molecular complexity index is 1710. The van der Waals surface area contributed by atoms with Gasteiger partial charge in [0.15, 0.2) is 0 Å². The molecule has 0 aromatic carbocycles. The SMILES string of the molecule is CC(C)=CCCC(C)(O)CCCC(C)(O)CCCC(C)(O)CCCC(C)(O)CCCC(C)(O)CCCC(C)(O)CCCC(C)(O)CCCC(C)=CCCC(C)=CCCC(C)(O)C(O)COC(=O)CC(C)(O)CC(=O)O. The first-order chi connectivity index (χ1) is 34.1. The van der Waals surface area contributed by atoms with Gasteiger partial charge in [0, 0.05) is 0 Å². The molecule has 14 nitrogen and oxygen atoms in total. The largest absolute Gasteiger partial charge is 0.481 e. The molecule has 0 aliphatic heterocycles. The van der Waals surface area contributed by atoms with Crippen LogP contribution in [-0.2, 0) is 14.3 Å². The number of aliphatic hydroxyl groups excluding tert-OH is 1. The maximum Gasteiger partial charge on any atom is 0.308 e. The minimum atomic E-state index is -1.78. The number of aliphatic hydroxyl groups is 10. The van der Waals surface area contributed by atoms with Gasteiger partial charge in [0.1, 0.15) is 12.7 Å². The standard InChI is InChI=1S/C61H114O14/c1-47(2)24-15-29-53(5,66)31-18-33-55(7,68)35-20-37-57(9,70)39-22-41-59(11,72)42-23-40-58(10,71)38-21-36-56(8,69)34-19-32-54(6,67)30-16-27-48(3)25-14-26-49(4)28-17-43-61(13,74)50(62)46-75-52(65)45-60(12,73)44-51(63)64/h24-25,28,50,62,66-74H,14-23,26-27,29-46H2,1-13H3,(H,63,64). The quantitative estimate of drug-likeness (QED) is 0.0200. The molecule has 0 aliphatic carbocycles. The highest BCUT2D eigenvalue weighted by atomic mass is 16.5. The van der Waals surface area contributed by atoms with Gasteiger partial charge in [0.25, 0.3) is 0 Å². The van der Waals surface area contributed by atoms with E-state index in [0.29, 0.717) is 128 Å². The summed E-state index contributed by atoms with van der Waals surface area (Å²) < 4.78 is 4.99. The van der Waals surface area contributed by atoms with Crippen molar-refractivity contribution in [3.8, 4) is 0 Å². The molecule has 0 aliphatic rings. The summed E-state index contributed by atoms with van der Waals surface area (Å²) in [5.74, 6) is -2.13. The first kappa shape index (κ1) is 72.8. The highest BCUT2D eigenvalue weighted by Crippen LogP contribution is 2.33. The zero-order valence-electron chi connectivity index (χ0n) is 49.7. The number of carboxylic acid groups (broad SMARTS) is 1. The number of allylic oxidation sites excluding steroid dienone is 6. The molecule has 10 atom stereocenters. The van der Waals surface area contributed by atoms with E-state index in [4.69, 9.17) is 9.84 Å². The molecular weight excluding hydrogens is 957 g/mol. The van der Waals surface area contributed by atoms with Crippen LogP contribution >= 0.6 is 0 Å². The zero-order valence-corrected chi connectivity index (χ0v) is 49.7. The van der Waals surface area contributed by atoms with Crippen LogP contribution < -0.4 is 0 Å². The molecule has 0 spiro atoms. The van der Waals surface area contributed by atoms with Crippen molar-refractivity contribution < 1.29 is 70.5 Å². The molecule has 0 fully saturated rings. The number of hydrogen-bond donors (Lipinski definition) is 11. The van der Waals surface area contributed by atoms with Crippen molar-refractivity contribution in [2.45, 2.75) is 333 Å². The fourth-order valence-corrected chi connectivity index (χ4v) is 10.0. The van der Waals surface area contributed by atoms with Crippen LogP contribution in [0.25, 0.3) is 0 Å². The van der Waals surface area contributed by atoms with Crippen LogP contribution in [0.4, 0.5) is 0 Å². The molecule has 0 saturated heterocycles. The molecule has 442 valence electrons. The van der Waals surface area contributed by atoms with Gasteiger partial charge in [-0.2, -0.15) is 0 Å². The lowest BCUT2D eigenvalue weighted by molar-refractivity contribution is -0.159. The van der Waals surface area contributed by atoms with Crippen molar-refractivity contribution in [2.24, 2.45) is 0 Å². The van der Waals surface area contributed by atoms with Crippen LogP contribution in [0.1, 0.15) is 276 Å². The van der Waals surface area contributed by atoms with E-state index in [2.05, 4.69) is 32.9 Å². The van der Waals surface area contributed by atoms with Crippen molar-refractivity contribution in [1.29, 1.82) is 0 Å². The predicted octanol–water partition coefficient (Wildman–Crippen LogP) is 10.9. The summed E-state index contributed by atoms with van der Waals surface area (Å²) in [6.07, 6.45) is 20.8. The van der Waals surface area contributed by atoms with Gasteiger partial charge in [-0.05, 0) is 263 Å². The second kappa shape index (κ2) is 33.4. The molecule has 0 saturated carbocycles. The highest BCUT2D eigenvalue weighted by Gasteiger charge is 2.34. The number of ether oxygens (including phenoxy) is 1. The summed E-state index contributed by atoms with van der Waals surface area (Å²) in [5, 5.41) is 117. The average Bonchev–Trinajstić information content (AvgIpc) is 3.20. The number of rotatable bonds is 44.